The second kappa shape index (κ2) is 5.83. The molecule has 0 spiro atoms. The molecule has 2 aromatic heterocycles. The van der Waals surface area contributed by atoms with Crippen molar-refractivity contribution in [3.05, 3.63) is 18.2 Å². The monoisotopic (exact) mass is 271 g/mol. The molecule has 0 saturated carbocycles. The maximum atomic E-state index is 6.21. The van der Waals surface area contributed by atoms with E-state index in [1.54, 1.807) is 6.20 Å². The maximum Gasteiger partial charge on any atom is 0.132 e. The lowest BCUT2D eigenvalue weighted by molar-refractivity contribution is 0.603. The first kappa shape index (κ1) is 14.2. The Morgan fingerprint density at radius 2 is 2.20 bits per heavy atom. The number of hydrogen-bond acceptors (Lipinski definition) is 3. The molecule has 0 atom stereocenters. The molecule has 0 aliphatic heterocycles. The lowest BCUT2D eigenvalue weighted by Crippen LogP contribution is -2.07. The molecule has 0 fully saturated rings. The van der Waals surface area contributed by atoms with E-state index in [9.17, 15) is 0 Å². The van der Waals surface area contributed by atoms with E-state index in [1.807, 2.05) is 15.4 Å². The van der Waals surface area contributed by atoms with Crippen molar-refractivity contribution in [3.8, 4) is 23.6 Å². The molecule has 0 radical (unpaired) electrons. The minimum Gasteiger partial charge on any atom is -0.383 e. The molecule has 0 amide bonds. The molecule has 2 heterocycles. The zero-order valence-electron chi connectivity index (χ0n) is 12.3. The van der Waals surface area contributed by atoms with Crippen molar-refractivity contribution in [1.29, 1.82) is 0 Å². The van der Waals surface area contributed by atoms with Crippen LogP contribution in [0.15, 0.2) is 12.4 Å². The van der Waals surface area contributed by atoms with Gasteiger partial charge in [-0.15, -0.1) is 6.42 Å². The number of nitrogens with zero attached hydrogens (tertiary/aromatic N) is 4. The molecule has 0 saturated heterocycles. The van der Waals surface area contributed by atoms with Gasteiger partial charge in [0.2, 0.25) is 0 Å². The topological polar surface area (TPSA) is 61.7 Å². The van der Waals surface area contributed by atoms with Crippen LogP contribution in [0.2, 0.25) is 0 Å². The fourth-order valence-electron chi connectivity index (χ4n) is 2.23. The van der Waals surface area contributed by atoms with Crippen LogP contribution in [0.3, 0.4) is 0 Å². The third-order valence-electron chi connectivity index (χ3n) is 3.16. The fraction of sp³-hybridized carbons (Fsp3) is 0.467. The predicted molar refractivity (Wildman–Crippen MR) is 81.1 cm³/mol. The zero-order valence-corrected chi connectivity index (χ0v) is 12.3. The molecule has 0 aromatic carbocycles. The Bertz CT molecular complexity index is 627. The summed E-state index contributed by atoms with van der Waals surface area (Å²) in [6.07, 6.45) is 10.2. The molecule has 0 bridgehead atoms. The van der Waals surface area contributed by atoms with Crippen LogP contribution in [0.4, 0.5) is 5.82 Å². The molecule has 106 valence electrons. The Labute approximate surface area is 119 Å². The molecule has 5 nitrogen and oxygen atoms in total. The summed E-state index contributed by atoms with van der Waals surface area (Å²) in [6.45, 7) is 7.61. The third kappa shape index (κ3) is 2.55. The molecule has 5 heteroatoms. The highest BCUT2D eigenvalue weighted by Gasteiger charge is 2.18. The number of terminal acetylenes is 1. The molecule has 2 rings (SSSR count). The first-order valence-electron chi connectivity index (χ1n) is 6.90. The van der Waals surface area contributed by atoms with Gasteiger partial charge in [0.15, 0.2) is 0 Å². The number of rotatable bonds is 5. The number of aryl methyl sites for hydroxylation is 1. The average molecular weight is 271 g/mol. The second-order valence-corrected chi connectivity index (χ2v) is 5.14. The quantitative estimate of drug-likeness (QED) is 0.850. The number of nitrogen functional groups attached to an aromatic ring is 1. The first-order chi connectivity index (χ1) is 9.58. The van der Waals surface area contributed by atoms with Gasteiger partial charge >= 0.3 is 0 Å². The normalized spacial score (nSPS) is 10.9. The maximum absolute atomic E-state index is 6.21. The number of nitrogens with two attached hydrogens (primary N) is 1. The summed E-state index contributed by atoms with van der Waals surface area (Å²) in [5.74, 6) is 4.43. The summed E-state index contributed by atoms with van der Waals surface area (Å²) in [7, 11) is 0. The van der Waals surface area contributed by atoms with Gasteiger partial charge in [-0.2, -0.15) is 5.10 Å². The van der Waals surface area contributed by atoms with Gasteiger partial charge in [0.05, 0.1) is 12.7 Å². The SMILES string of the molecule is C#CCn1c(C(C)C)nc(-c2cnn(CCC)c2)c1N. The summed E-state index contributed by atoms with van der Waals surface area (Å²) in [4.78, 5) is 4.66. The lowest BCUT2D eigenvalue weighted by Gasteiger charge is -2.07. The van der Waals surface area contributed by atoms with Crippen LogP contribution in [-0.4, -0.2) is 19.3 Å². The summed E-state index contributed by atoms with van der Waals surface area (Å²) in [5, 5.41) is 4.32. The summed E-state index contributed by atoms with van der Waals surface area (Å²) in [6, 6.07) is 0. The molecular weight excluding hydrogens is 250 g/mol. The Balaban J connectivity index is 2.46. The van der Waals surface area contributed by atoms with Gasteiger partial charge in [-0.05, 0) is 6.42 Å². The molecule has 0 unspecified atom stereocenters. The minimum atomic E-state index is 0.269. The standard InChI is InChI=1S/C15H21N5/c1-5-7-19-10-12(9-17-19)13-14(16)20(8-6-2)15(18-13)11(3)4/h2,9-11H,5,7-8,16H2,1,3-4H3. The van der Waals surface area contributed by atoms with Gasteiger partial charge < -0.3 is 10.3 Å². The van der Waals surface area contributed by atoms with Crippen LogP contribution in [-0.2, 0) is 13.1 Å². The number of hydrogen-bond donors (Lipinski definition) is 1. The van der Waals surface area contributed by atoms with Crippen LogP contribution in [0.1, 0.15) is 38.9 Å². The fourth-order valence-corrected chi connectivity index (χ4v) is 2.23. The molecular formula is C15H21N5. The van der Waals surface area contributed by atoms with E-state index in [0.29, 0.717) is 12.4 Å². The third-order valence-corrected chi connectivity index (χ3v) is 3.16. The van der Waals surface area contributed by atoms with E-state index in [4.69, 9.17) is 12.2 Å². The molecule has 20 heavy (non-hydrogen) atoms. The Kier molecular flexibility index (Phi) is 4.14. The lowest BCUT2D eigenvalue weighted by atomic mass is 10.2. The van der Waals surface area contributed by atoms with Crippen molar-refractivity contribution in [2.24, 2.45) is 0 Å². The number of anilines is 1. The molecule has 0 aliphatic rings. The smallest absolute Gasteiger partial charge is 0.132 e. The average Bonchev–Trinajstić information content (AvgIpc) is 2.97. The first-order valence-corrected chi connectivity index (χ1v) is 6.90. The highest BCUT2D eigenvalue weighted by atomic mass is 15.3. The van der Waals surface area contributed by atoms with Gasteiger partial charge in [-0.3, -0.25) is 4.68 Å². The van der Waals surface area contributed by atoms with E-state index in [2.05, 4.69) is 36.8 Å². The van der Waals surface area contributed by atoms with E-state index in [0.717, 1.165) is 30.0 Å². The van der Waals surface area contributed by atoms with Crippen molar-refractivity contribution >= 4 is 5.82 Å². The van der Waals surface area contributed by atoms with Gasteiger partial charge in [0.1, 0.15) is 17.3 Å². The van der Waals surface area contributed by atoms with E-state index < -0.39 is 0 Å². The summed E-state index contributed by atoms with van der Waals surface area (Å²) >= 11 is 0. The molecule has 2 N–H and O–H groups in total. The minimum absolute atomic E-state index is 0.269. The zero-order chi connectivity index (χ0) is 14.7. The van der Waals surface area contributed by atoms with Gasteiger partial charge in [-0.1, -0.05) is 26.7 Å². The van der Waals surface area contributed by atoms with Crippen LogP contribution in [0.25, 0.3) is 11.3 Å². The van der Waals surface area contributed by atoms with E-state index in [-0.39, 0.29) is 5.92 Å². The predicted octanol–water partition coefficient (Wildman–Crippen LogP) is 2.50. The van der Waals surface area contributed by atoms with Gasteiger partial charge in [0, 0.05) is 24.2 Å². The number of aromatic nitrogens is 4. The van der Waals surface area contributed by atoms with Crippen molar-refractivity contribution < 1.29 is 0 Å². The highest BCUT2D eigenvalue weighted by molar-refractivity contribution is 5.70. The summed E-state index contributed by atoms with van der Waals surface area (Å²) in [5.41, 5.74) is 7.92. The second-order valence-electron chi connectivity index (χ2n) is 5.14. The summed E-state index contributed by atoms with van der Waals surface area (Å²) < 4.78 is 3.81. The Morgan fingerprint density at radius 3 is 2.80 bits per heavy atom. The number of imidazole rings is 1. The van der Waals surface area contributed by atoms with E-state index in [1.165, 1.54) is 0 Å². The van der Waals surface area contributed by atoms with Crippen LogP contribution < -0.4 is 5.73 Å². The van der Waals surface area contributed by atoms with Crippen molar-refractivity contribution in [3.63, 3.8) is 0 Å². The van der Waals surface area contributed by atoms with Gasteiger partial charge in [0.25, 0.3) is 0 Å². The largest absolute Gasteiger partial charge is 0.383 e. The molecule has 2 aromatic rings. The van der Waals surface area contributed by atoms with Crippen molar-refractivity contribution in [1.82, 2.24) is 19.3 Å². The van der Waals surface area contributed by atoms with Gasteiger partial charge in [-0.25, -0.2) is 4.98 Å². The van der Waals surface area contributed by atoms with Crippen LogP contribution >= 0.6 is 0 Å². The van der Waals surface area contributed by atoms with Crippen LogP contribution in [0.5, 0.6) is 0 Å². The van der Waals surface area contributed by atoms with Crippen molar-refractivity contribution in [2.75, 3.05) is 5.73 Å². The van der Waals surface area contributed by atoms with E-state index >= 15 is 0 Å². The Hall–Kier alpha value is -2.22. The van der Waals surface area contributed by atoms with Crippen molar-refractivity contribution in [2.45, 2.75) is 46.2 Å². The highest BCUT2D eigenvalue weighted by Crippen LogP contribution is 2.29. The molecule has 0 aliphatic carbocycles. The van der Waals surface area contributed by atoms with Crippen LogP contribution in [0, 0.1) is 12.3 Å². The Morgan fingerprint density at radius 1 is 1.45 bits per heavy atom.